The summed E-state index contributed by atoms with van der Waals surface area (Å²) < 4.78 is 1.87. The molecule has 2 amide bonds. The third-order valence-electron chi connectivity index (χ3n) is 3.55. The number of benzene rings is 1. The Hall–Kier alpha value is -0.980. The molecule has 21 heavy (non-hydrogen) atoms. The number of amides is 2. The summed E-state index contributed by atoms with van der Waals surface area (Å²) in [5, 5.41) is 4.43. The van der Waals surface area contributed by atoms with E-state index < -0.39 is 0 Å². The normalized spacial score (nSPS) is 22.2. The second kappa shape index (κ2) is 6.02. The highest BCUT2D eigenvalue weighted by atomic mass is 79.9. The van der Waals surface area contributed by atoms with E-state index in [2.05, 4.69) is 37.2 Å². The van der Waals surface area contributed by atoms with Crippen molar-refractivity contribution in [1.29, 1.82) is 0 Å². The average molecular weight is 429 g/mol. The van der Waals surface area contributed by atoms with E-state index in [0.29, 0.717) is 6.42 Å². The Labute approximate surface area is 143 Å². The lowest BCUT2D eigenvalue weighted by atomic mass is 9.79. The van der Waals surface area contributed by atoms with Crippen LogP contribution in [-0.2, 0) is 9.59 Å². The van der Waals surface area contributed by atoms with Crippen molar-refractivity contribution >= 4 is 55.0 Å². The Morgan fingerprint density at radius 2 is 1.95 bits per heavy atom. The number of halogens is 2. The summed E-state index contributed by atoms with van der Waals surface area (Å²) in [6.45, 7) is 0. The van der Waals surface area contributed by atoms with Crippen LogP contribution >= 0.6 is 43.2 Å². The third-order valence-corrected chi connectivity index (χ3v) is 6.09. The number of nitrogens with one attached hydrogen (secondary N) is 1. The van der Waals surface area contributed by atoms with E-state index in [4.69, 9.17) is 0 Å². The molecule has 1 fully saturated rings. The van der Waals surface area contributed by atoms with Crippen LogP contribution in [0.25, 0.3) is 0 Å². The maximum atomic E-state index is 12.4. The number of thiophene rings is 1. The molecule has 1 aliphatic heterocycles. The van der Waals surface area contributed by atoms with Gasteiger partial charge in [0, 0.05) is 31.5 Å². The van der Waals surface area contributed by atoms with Gasteiger partial charge in [-0.2, -0.15) is 0 Å². The number of carbonyl (C=O) groups excluding carboxylic acids is 2. The lowest BCUT2D eigenvalue weighted by Crippen LogP contribution is -2.43. The first kappa shape index (κ1) is 14.9. The molecular weight excluding hydrogens is 418 g/mol. The van der Waals surface area contributed by atoms with Crippen LogP contribution in [-0.4, -0.2) is 11.8 Å². The van der Waals surface area contributed by atoms with Crippen LogP contribution in [0.1, 0.15) is 28.7 Å². The zero-order valence-corrected chi connectivity index (χ0v) is 14.8. The quantitative estimate of drug-likeness (QED) is 0.729. The molecule has 2 heterocycles. The highest BCUT2D eigenvalue weighted by Gasteiger charge is 2.39. The van der Waals surface area contributed by atoms with Gasteiger partial charge in [-0.1, -0.05) is 34.1 Å². The molecule has 1 aromatic carbocycles. The highest BCUT2D eigenvalue weighted by Crippen LogP contribution is 2.43. The van der Waals surface area contributed by atoms with E-state index in [9.17, 15) is 9.59 Å². The van der Waals surface area contributed by atoms with E-state index in [-0.39, 0.29) is 23.7 Å². The summed E-state index contributed by atoms with van der Waals surface area (Å²) in [6.07, 6.45) is 0.324. The summed E-state index contributed by atoms with van der Waals surface area (Å²) in [4.78, 5) is 25.2. The van der Waals surface area contributed by atoms with Gasteiger partial charge in [-0.05, 0) is 33.6 Å². The Balaban J connectivity index is 2.07. The summed E-state index contributed by atoms with van der Waals surface area (Å²) in [7, 11) is 0. The minimum Gasteiger partial charge on any atom is -0.296 e. The third kappa shape index (κ3) is 2.98. The lowest BCUT2D eigenvalue weighted by molar-refractivity contribution is -0.135. The van der Waals surface area contributed by atoms with Gasteiger partial charge in [-0.3, -0.25) is 14.9 Å². The largest absolute Gasteiger partial charge is 0.296 e. The first-order valence-electron chi connectivity index (χ1n) is 6.38. The van der Waals surface area contributed by atoms with Gasteiger partial charge in [0.2, 0.25) is 11.8 Å². The van der Waals surface area contributed by atoms with E-state index in [1.807, 2.05) is 35.7 Å². The Morgan fingerprint density at radius 3 is 2.62 bits per heavy atom. The number of rotatable bonds is 2. The predicted octanol–water partition coefficient (Wildman–Crippen LogP) is 4.19. The van der Waals surface area contributed by atoms with Crippen molar-refractivity contribution < 1.29 is 9.59 Å². The first-order valence-corrected chi connectivity index (χ1v) is 8.85. The smallest absolute Gasteiger partial charge is 0.234 e. The van der Waals surface area contributed by atoms with Crippen molar-refractivity contribution in [3.8, 4) is 0 Å². The van der Waals surface area contributed by atoms with E-state index in [0.717, 1.165) is 19.4 Å². The van der Waals surface area contributed by atoms with E-state index in [1.165, 1.54) is 0 Å². The molecule has 0 spiro atoms. The molecule has 0 aliphatic carbocycles. The molecule has 2 aromatic rings. The average Bonchev–Trinajstić information content (AvgIpc) is 2.86. The fourth-order valence-electron chi connectivity index (χ4n) is 2.64. The Kier molecular flexibility index (Phi) is 4.28. The standard InChI is InChI=1S/C15H11Br2NO2S/c16-8-5-12(21-7-8)10-6-13(19)18-15(20)14(10)9-3-1-2-4-11(9)17/h1-5,7,10,14H,6H2,(H,18,19,20). The van der Waals surface area contributed by atoms with Gasteiger partial charge < -0.3 is 0 Å². The molecule has 108 valence electrons. The zero-order chi connectivity index (χ0) is 15.0. The van der Waals surface area contributed by atoms with Gasteiger partial charge in [-0.25, -0.2) is 0 Å². The summed E-state index contributed by atoms with van der Waals surface area (Å²) >= 11 is 8.51. The lowest BCUT2D eigenvalue weighted by Gasteiger charge is -2.30. The predicted molar refractivity (Wildman–Crippen MR) is 89.4 cm³/mol. The van der Waals surface area contributed by atoms with Crippen LogP contribution in [0, 0.1) is 0 Å². The molecule has 1 saturated heterocycles. The number of hydrogen-bond acceptors (Lipinski definition) is 3. The van der Waals surface area contributed by atoms with Gasteiger partial charge in [0.05, 0.1) is 5.92 Å². The van der Waals surface area contributed by atoms with Gasteiger partial charge in [-0.15, -0.1) is 11.3 Å². The molecule has 1 aliphatic rings. The first-order chi connectivity index (χ1) is 10.1. The fourth-order valence-corrected chi connectivity index (χ4v) is 4.76. The summed E-state index contributed by atoms with van der Waals surface area (Å²) in [6, 6.07) is 9.66. The Bertz CT molecular complexity index is 713. The SMILES string of the molecule is O=C1CC(c2cc(Br)cs2)C(c2ccccc2Br)C(=O)N1. The van der Waals surface area contributed by atoms with Crippen LogP contribution in [0.5, 0.6) is 0 Å². The number of carbonyl (C=O) groups is 2. The molecule has 1 aromatic heterocycles. The van der Waals surface area contributed by atoms with Crippen molar-refractivity contribution in [2.45, 2.75) is 18.3 Å². The minimum absolute atomic E-state index is 0.124. The minimum atomic E-state index is -0.358. The molecular formula is C15H11Br2NO2S. The maximum absolute atomic E-state index is 12.4. The van der Waals surface area contributed by atoms with Crippen molar-refractivity contribution in [3.63, 3.8) is 0 Å². The maximum Gasteiger partial charge on any atom is 0.234 e. The van der Waals surface area contributed by atoms with Gasteiger partial charge in [0.25, 0.3) is 0 Å². The van der Waals surface area contributed by atoms with Gasteiger partial charge in [0.15, 0.2) is 0 Å². The molecule has 0 saturated carbocycles. The Morgan fingerprint density at radius 1 is 1.19 bits per heavy atom. The van der Waals surface area contributed by atoms with Crippen LogP contribution in [0.2, 0.25) is 0 Å². The van der Waals surface area contributed by atoms with Crippen LogP contribution < -0.4 is 5.32 Å². The summed E-state index contributed by atoms with van der Waals surface area (Å²) in [5.74, 6) is -0.921. The van der Waals surface area contributed by atoms with Crippen LogP contribution in [0.4, 0.5) is 0 Å². The fraction of sp³-hybridized carbons (Fsp3) is 0.200. The molecule has 0 radical (unpaired) electrons. The second-order valence-electron chi connectivity index (χ2n) is 4.89. The van der Waals surface area contributed by atoms with Crippen molar-refractivity contribution in [3.05, 3.63) is 55.1 Å². The zero-order valence-electron chi connectivity index (χ0n) is 10.8. The number of piperidine rings is 1. The monoisotopic (exact) mass is 427 g/mol. The summed E-state index contributed by atoms with van der Waals surface area (Å²) in [5.41, 5.74) is 0.914. The van der Waals surface area contributed by atoms with Crippen molar-refractivity contribution in [2.75, 3.05) is 0 Å². The van der Waals surface area contributed by atoms with Gasteiger partial charge in [0.1, 0.15) is 0 Å². The van der Waals surface area contributed by atoms with E-state index >= 15 is 0 Å². The van der Waals surface area contributed by atoms with Gasteiger partial charge >= 0.3 is 0 Å². The highest BCUT2D eigenvalue weighted by molar-refractivity contribution is 9.10. The molecule has 1 N–H and O–H groups in total. The topological polar surface area (TPSA) is 46.2 Å². The second-order valence-corrected chi connectivity index (χ2v) is 7.60. The molecule has 2 unspecified atom stereocenters. The van der Waals surface area contributed by atoms with Crippen molar-refractivity contribution in [2.24, 2.45) is 0 Å². The molecule has 0 bridgehead atoms. The number of hydrogen-bond donors (Lipinski definition) is 1. The molecule has 3 nitrogen and oxygen atoms in total. The molecule has 6 heteroatoms. The van der Waals surface area contributed by atoms with Crippen LogP contribution in [0.15, 0.2) is 44.7 Å². The molecule has 3 rings (SSSR count). The number of imide groups is 1. The van der Waals surface area contributed by atoms with Crippen molar-refractivity contribution in [1.82, 2.24) is 5.32 Å². The van der Waals surface area contributed by atoms with E-state index in [1.54, 1.807) is 11.3 Å². The van der Waals surface area contributed by atoms with Crippen LogP contribution in [0.3, 0.4) is 0 Å². The molecule has 2 atom stereocenters.